The van der Waals surface area contributed by atoms with Gasteiger partial charge < -0.3 is 9.66 Å². The largest absolute Gasteiger partial charge is 1.00 e. The Kier molecular flexibility index (Phi) is 7.37. The Morgan fingerprint density at radius 2 is 1.43 bits per heavy atom. The first-order chi connectivity index (χ1) is 8.62. The molecule has 11 heteroatoms. The Morgan fingerprint density at radius 1 is 0.857 bits per heavy atom. The molecule has 0 radical (unpaired) electrons. The predicted octanol–water partition coefficient (Wildman–Crippen LogP) is -5.93. The standard InChI is InChI=1S/C10H8O7S2.2Na/c11-10-7-2-1-3-8(18(12,13)14)6(7)4-5-9(10)19(15,16)17;;/h1-5,11H,(H,12,13,14)(H,15,16,17);;/q;2*+1/p-2. The second-order valence-corrected chi connectivity index (χ2v) is 6.41. The van der Waals surface area contributed by atoms with Crippen LogP contribution in [0, 0.1) is 0 Å². The van der Waals surface area contributed by atoms with E-state index in [1.165, 1.54) is 6.07 Å². The molecule has 0 unspecified atom stereocenters. The third-order valence-corrected chi connectivity index (χ3v) is 4.26. The van der Waals surface area contributed by atoms with Crippen molar-refractivity contribution in [2.45, 2.75) is 9.79 Å². The molecule has 21 heavy (non-hydrogen) atoms. The van der Waals surface area contributed by atoms with Crippen LogP contribution in [-0.2, 0) is 20.2 Å². The summed E-state index contributed by atoms with van der Waals surface area (Å²) >= 11 is 0. The third-order valence-electron chi connectivity index (χ3n) is 2.48. The fourth-order valence-electron chi connectivity index (χ4n) is 1.70. The maximum atomic E-state index is 11.8. The van der Waals surface area contributed by atoms with Crippen LogP contribution in [0.5, 0.6) is 5.75 Å². The SMILES string of the molecule is O=S(=O)([O-])c1cccc2c([O-])c(S(=O)(=O)O)ccc12.[Na+].[Na+]. The summed E-state index contributed by atoms with van der Waals surface area (Å²) in [5.74, 6) is -1.06. The second-order valence-electron chi connectivity index (χ2n) is 3.67. The molecule has 0 spiro atoms. The van der Waals surface area contributed by atoms with Crippen LogP contribution in [0.4, 0.5) is 0 Å². The average Bonchev–Trinajstić information content (AvgIpc) is 2.26. The summed E-state index contributed by atoms with van der Waals surface area (Å²) in [6.45, 7) is 0. The summed E-state index contributed by atoms with van der Waals surface area (Å²) in [5, 5.41) is 11.4. The predicted molar refractivity (Wildman–Crippen MR) is 61.2 cm³/mol. The molecule has 0 bridgehead atoms. The van der Waals surface area contributed by atoms with E-state index in [1.54, 1.807) is 0 Å². The van der Waals surface area contributed by atoms with Gasteiger partial charge in [-0.15, -0.1) is 0 Å². The van der Waals surface area contributed by atoms with Crippen LogP contribution in [-0.4, -0.2) is 25.9 Å². The van der Waals surface area contributed by atoms with Crippen molar-refractivity contribution in [2.75, 3.05) is 0 Å². The van der Waals surface area contributed by atoms with Gasteiger partial charge in [0.15, 0.2) is 0 Å². The maximum Gasteiger partial charge on any atom is 1.00 e. The molecule has 7 nitrogen and oxygen atoms in total. The molecular formula is C10H6Na2O7S2. The number of hydrogen-bond donors (Lipinski definition) is 1. The van der Waals surface area contributed by atoms with Crippen LogP contribution < -0.4 is 64.2 Å². The summed E-state index contributed by atoms with van der Waals surface area (Å²) in [7, 11) is -9.51. The molecule has 102 valence electrons. The summed E-state index contributed by atoms with van der Waals surface area (Å²) in [4.78, 5) is -1.50. The van der Waals surface area contributed by atoms with Crippen molar-refractivity contribution in [3.63, 3.8) is 0 Å². The van der Waals surface area contributed by atoms with E-state index in [0.29, 0.717) is 0 Å². The molecule has 0 aliphatic rings. The minimum Gasteiger partial charge on any atom is -0.871 e. The van der Waals surface area contributed by atoms with Crippen molar-refractivity contribution in [3.8, 4) is 5.75 Å². The zero-order valence-electron chi connectivity index (χ0n) is 11.1. The number of benzene rings is 2. The summed E-state index contributed by atoms with van der Waals surface area (Å²) in [6.07, 6.45) is 0. The monoisotopic (exact) mass is 348 g/mol. The molecule has 0 heterocycles. The smallest absolute Gasteiger partial charge is 0.871 e. The van der Waals surface area contributed by atoms with E-state index in [-0.39, 0.29) is 69.9 Å². The fourth-order valence-corrected chi connectivity index (χ4v) is 2.98. The first-order valence-corrected chi connectivity index (χ1v) is 7.63. The van der Waals surface area contributed by atoms with Gasteiger partial charge in [0.25, 0.3) is 10.1 Å². The zero-order valence-corrected chi connectivity index (χ0v) is 16.7. The van der Waals surface area contributed by atoms with Crippen LogP contribution in [0.1, 0.15) is 0 Å². The van der Waals surface area contributed by atoms with Gasteiger partial charge in [-0.3, -0.25) is 4.55 Å². The fraction of sp³-hybridized carbons (Fsp3) is 0. The molecule has 1 N–H and O–H groups in total. The summed E-state index contributed by atoms with van der Waals surface area (Å²) in [6, 6.07) is 5.07. The number of fused-ring (bicyclic) bond motifs is 1. The van der Waals surface area contributed by atoms with Gasteiger partial charge in [0.05, 0.1) is 9.79 Å². The van der Waals surface area contributed by atoms with Gasteiger partial charge in [-0.2, -0.15) is 8.42 Å². The van der Waals surface area contributed by atoms with E-state index in [0.717, 1.165) is 24.3 Å². The Morgan fingerprint density at radius 3 is 1.90 bits per heavy atom. The topological polar surface area (TPSA) is 135 Å². The molecule has 0 atom stereocenters. The van der Waals surface area contributed by atoms with E-state index in [4.69, 9.17) is 4.55 Å². The molecule has 0 saturated carbocycles. The van der Waals surface area contributed by atoms with Crippen LogP contribution in [0.3, 0.4) is 0 Å². The van der Waals surface area contributed by atoms with Gasteiger partial charge in [-0.25, -0.2) is 8.42 Å². The molecule has 0 aliphatic carbocycles. The third kappa shape index (κ3) is 4.41. The van der Waals surface area contributed by atoms with Gasteiger partial charge >= 0.3 is 59.1 Å². The minimum atomic E-state index is -4.80. The van der Waals surface area contributed by atoms with Crippen LogP contribution in [0.2, 0.25) is 0 Å². The number of rotatable bonds is 2. The molecule has 0 aliphatic heterocycles. The van der Waals surface area contributed by atoms with E-state index in [1.807, 2.05) is 0 Å². The van der Waals surface area contributed by atoms with Gasteiger partial charge in [0, 0.05) is 0 Å². The molecule has 0 amide bonds. The van der Waals surface area contributed by atoms with Crippen molar-refractivity contribution >= 4 is 31.0 Å². The normalized spacial score (nSPS) is 11.5. The van der Waals surface area contributed by atoms with Gasteiger partial charge in [0.2, 0.25) is 0 Å². The quantitative estimate of drug-likeness (QED) is 0.422. The van der Waals surface area contributed by atoms with Crippen molar-refractivity contribution in [3.05, 3.63) is 30.3 Å². The molecule has 2 rings (SSSR count). The van der Waals surface area contributed by atoms with Crippen LogP contribution in [0.15, 0.2) is 40.1 Å². The molecule has 0 fully saturated rings. The minimum absolute atomic E-state index is 0. The van der Waals surface area contributed by atoms with E-state index >= 15 is 0 Å². The molecule has 2 aromatic carbocycles. The first-order valence-electron chi connectivity index (χ1n) is 4.78. The molecule has 0 aromatic heterocycles. The van der Waals surface area contributed by atoms with E-state index in [2.05, 4.69) is 0 Å². The first kappa shape index (κ1) is 21.3. The van der Waals surface area contributed by atoms with E-state index in [9.17, 15) is 26.5 Å². The zero-order chi connectivity index (χ0) is 14.4. The van der Waals surface area contributed by atoms with Crippen molar-refractivity contribution in [2.24, 2.45) is 0 Å². The Hall–Kier alpha value is 0.320. The average molecular weight is 348 g/mol. The molecule has 0 saturated heterocycles. The van der Waals surface area contributed by atoms with Gasteiger partial charge in [0.1, 0.15) is 10.1 Å². The van der Waals surface area contributed by atoms with Crippen molar-refractivity contribution in [1.29, 1.82) is 0 Å². The van der Waals surface area contributed by atoms with Crippen molar-refractivity contribution in [1.82, 2.24) is 0 Å². The van der Waals surface area contributed by atoms with Gasteiger partial charge in [-0.1, -0.05) is 23.9 Å². The molecule has 2 aromatic rings. The summed E-state index contributed by atoms with van der Waals surface area (Å²) in [5.41, 5.74) is 0. The maximum absolute atomic E-state index is 11.8. The van der Waals surface area contributed by atoms with E-state index < -0.39 is 35.8 Å². The van der Waals surface area contributed by atoms with Crippen LogP contribution >= 0.6 is 0 Å². The Bertz CT molecular complexity index is 876. The molecular weight excluding hydrogens is 342 g/mol. The number of hydrogen-bond acceptors (Lipinski definition) is 6. The Labute approximate surface area is 165 Å². The Balaban J connectivity index is 0.00000200. The second kappa shape index (κ2) is 7.26. The van der Waals surface area contributed by atoms with Crippen molar-refractivity contribution < 1.29 is 90.2 Å². The van der Waals surface area contributed by atoms with Gasteiger partial charge in [-0.05, 0) is 22.9 Å². The summed E-state index contributed by atoms with van der Waals surface area (Å²) < 4.78 is 63.8. The van der Waals surface area contributed by atoms with Crippen LogP contribution in [0.25, 0.3) is 10.8 Å².